The Hall–Kier alpha value is -2.41. The summed E-state index contributed by atoms with van der Waals surface area (Å²) in [6.07, 6.45) is 3.24. The number of halogens is 4. The lowest BCUT2D eigenvalue weighted by atomic mass is 9.82. The molecule has 2 aliphatic rings. The number of fused-ring (bicyclic) bond motifs is 2. The van der Waals surface area contributed by atoms with Gasteiger partial charge in [-0.05, 0) is 67.7 Å². The zero-order chi connectivity index (χ0) is 24.5. The molecule has 3 nitrogen and oxygen atoms in total. The predicted molar refractivity (Wildman–Crippen MR) is 128 cm³/mol. The van der Waals surface area contributed by atoms with Crippen LogP contribution in [-0.2, 0) is 16.5 Å². The highest BCUT2D eigenvalue weighted by atomic mass is 35.5. The van der Waals surface area contributed by atoms with Crippen LogP contribution in [0.15, 0.2) is 78.0 Å². The molecule has 0 aliphatic carbocycles. The second kappa shape index (κ2) is 9.68. The fourth-order valence-electron chi connectivity index (χ4n) is 4.95. The molecule has 1 fully saturated rings. The highest BCUT2D eigenvalue weighted by Gasteiger charge is 2.47. The Balaban J connectivity index is 1.51. The van der Waals surface area contributed by atoms with E-state index >= 15 is 0 Å². The van der Waals surface area contributed by atoms with Gasteiger partial charge in [-0.15, -0.1) is 0 Å². The maximum atomic E-state index is 12.9. The number of rotatable bonds is 5. The van der Waals surface area contributed by atoms with Crippen molar-refractivity contribution < 1.29 is 17.9 Å². The van der Waals surface area contributed by atoms with Crippen molar-refractivity contribution >= 4 is 11.6 Å². The molecule has 7 heteroatoms. The minimum atomic E-state index is -4.38. The van der Waals surface area contributed by atoms with Crippen molar-refractivity contribution in [2.75, 3.05) is 13.1 Å². The van der Waals surface area contributed by atoms with E-state index in [-0.39, 0.29) is 12.1 Å². The van der Waals surface area contributed by atoms with Crippen LogP contribution >= 0.6 is 11.6 Å². The number of ether oxygens (including phenoxy) is 1. The Morgan fingerprint density at radius 2 is 1.94 bits per heavy atom. The maximum Gasteiger partial charge on any atom is 0.417 e. The SMILES string of the molecule is C=C/C=C(Cl)\C=C(/C)C1OC2(CCN(C(C)c3ccc(C(F)(F)F)cn3)CC2)c2ccccc21. The number of hydrogen-bond acceptors (Lipinski definition) is 3. The summed E-state index contributed by atoms with van der Waals surface area (Å²) in [5.41, 5.74) is 2.90. The molecule has 2 atom stereocenters. The van der Waals surface area contributed by atoms with Crippen LogP contribution in [0.5, 0.6) is 0 Å². The summed E-state index contributed by atoms with van der Waals surface area (Å²) in [5.74, 6) is 0. The van der Waals surface area contributed by atoms with E-state index in [0.29, 0.717) is 10.7 Å². The number of nitrogens with zero attached hydrogens (tertiary/aromatic N) is 2. The molecule has 0 bridgehead atoms. The van der Waals surface area contributed by atoms with Crippen molar-refractivity contribution in [1.82, 2.24) is 9.88 Å². The van der Waals surface area contributed by atoms with Crippen LogP contribution < -0.4 is 0 Å². The van der Waals surface area contributed by atoms with Gasteiger partial charge in [-0.1, -0.05) is 48.5 Å². The molecule has 4 rings (SSSR count). The lowest BCUT2D eigenvalue weighted by molar-refractivity contribution is -0.137. The van der Waals surface area contributed by atoms with Crippen LogP contribution in [-0.4, -0.2) is 23.0 Å². The van der Waals surface area contributed by atoms with Crippen molar-refractivity contribution in [2.24, 2.45) is 0 Å². The van der Waals surface area contributed by atoms with Gasteiger partial charge >= 0.3 is 6.18 Å². The summed E-state index contributed by atoms with van der Waals surface area (Å²) in [6.45, 7) is 9.20. The Bertz CT molecular complexity index is 1100. The monoisotopic (exact) mass is 488 g/mol. The summed E-state index contributed by atoms with van der Waals surface area (Å²) in [5, 5.41) is 0.599. The minimum absolute atomic E-state index is 0.0865. The normalized spacial score (nSPS) is 22.0. The molecule has 1 aromatic carbocycles. The smallest absolute Gasteiger partial charge is 0.358 e. The van der Waals surface area contributed by atoms with E-state index in [1.54, 1.807) is 12.2 Å². The van der Waals surface area contributed by atoms with Gasteiger partial charge in [-0.2, -0.15) is 13.2 Å². The second-order valence-corrected chi connectivity index (χ2v) is 9.37. The molecule has 2 unspecified atom stereocenters. The molecule has 0 amide bonds. The first kappa shape index (κ1) is 24.7. The Morgan fingerprint density at radius 3 is 2.56 bits per heavy atom. The molecular weight excluding hydrogens is 461 g/mol. The summed E-state index contributed by atoms with van der Waals surface area (Å²) < 4.78 is 45.4. The van der Waals surface area contributed by atoms with Gasteiger partial charge in [0.2, 0.25) is 0 Å². The van der Waals surface area contributed by atoms with E-state index in [4.69, 9.17) is 16.3 Å². The van der Waals surface area contributed by atoms with Gasteiger partial charge in [0.25, 0.3) is 0 Å². The molecule has 0 N–H and O–H groups in total. The number of piperidine rings is 1. The third kappa shape index (κ3) is 4.85. The number of pyridine rings is 1. The van der Waals surface area contributed by atoms with Gasteiger partial charge in [0.15, 0.2) is 0 Å². The van der Waals surface area contributed by atoms with E-state index in [1.165, 1.54) is 11.6 Å². The fourth-order valence-corrected chi connectivity index (χ4v) is 5.21. The molecule has 3 heterocycles. The molecule has 2 aromatic rings. The Morgan fingerprint density at radius 1 is 1.24 bits per heavy atom. The van der Waals surface area contributed by atoms with Crippen LogP contribution in [0.1, 0.15) is 61.2 Å². The van der Waals surface area contributed by atoms with Gasteiger partial charge in [-0.25, -0.2) is 0 Å². The summed E-state index contributed by atoms with van der Waals surface area (Å²) in [7, 11) is 0. The van der Waals surface area contributed by atoms with Gasteiger partial charge in [0.1, 0.15) is 6.10 Å². The number of benzene rings is 1. The highest BCUT2D eigenvalue weighted by molar-refractivity contribution is 6.31. The molecule has 34 heavy (non-hydrogen) atoms. The quantitative estimate of drug-likeness (QED) is 0.408. The standard InChI is InChI=1S/C27H28ClF3N2O/c1-4-7-21(28)16-18(2)25-22-8-5-6-9-23(22)26(34-25)12-14-33(15-13-26)19(3)24-11-10-20(17-32-24)27(29,30)31/h4-11,16-17,19,25H,1,12-15H2,2-3H3/b18-16+,21-7+. The van der Waals surface area contributed by atoms with Crippen molar-refractivity contribution in [1.29, 1.82) is 0 Å². The highest BCUT2D eigenvalue weighted by Crippen LogP contribution is 2.52. The molecule has 0 radical (unpaired) electrons. The van der Waals surface area contributed by atoms with Crippen LogP contribution in [0.4, 0.5) is 13.2 Å². The Labute approximate surface area is 203 Å². The molecule has 2 aliphatic heterocycles. The second-order valence-electron chi connectivity index (χ2n) is 8.94. The van der Waals surface area contributed by atoms with Crippen molar-refractivity contribution in [2.45, 2.75) is 50.6 Å². The fraction of sp³-hybridized carbons (Fsp3) is 0.370. The topological polar surface area (TPSA) is 25.4 Å². The van der Waals surface area contributed by atoms with Crippen LogP contribution in [0.25, 0.3) is 0 Å². The van der Waals surface area contributed by atoms with Crippen molar-refractivity contribution in [3.05, 3.63) is 100 Å². The molecular formula is C27H28ClF3N2O. The lowest BCUT2D eigenvalue weighted by Gasteiger charge is -2.42. The van der Waals surface area contributed by atoms with Crippen LogP contribution in [0.2, 0.25) is 0 Å². The maximum absolute atomic E-state index is 12.9. The number of likely N-dealkylation sites (tertiary alicyclic amines) is 1. The van der Waals surface area contributed by atoms with Gasteiger partial charge in [0, 0.05) is 30.4 Å². The largest absolute Gasteiger partial charge is 0.417 e. The van der Waals surface area contributed by atoms with E-state index in [0.717, 1.165) is 49.3 Å². The zero-order valence-corrected chi connectivity index (χ0v) is 20.0. The van der Waals surface area contributed by atoms with Crippen molar-refractivity contribution in [3.8, 4) is 0 Å². The Kier molecular flexibility index (Phi) is 7.04. The third-order valence-electron chi connectivity index (χ3n) is 6.83. The van der Waals surface area contributed by atoms with Gasteiger partial charge in [-0.3, -0.25) is 9.88 Å². The summed E-state index contributed by atoms with van der Waals surface area (Å²) >= 11 is 6.29. The summed E-state index contributed by atoms with van der Waals surface area (Å²) in [6, 6.07) is 10.8. The third-order valence-corrected chi connectivity index (χ3v) is 7.06. The van der Waals surface area contributed by atoms with Gasteiger partial charge in [0.05, 0.1) is 16.9 Å². The first-order valence-electron chi connectivity index (χ1n) is 11.4. The molecule has 180 valence electrons. The summed E-state index contributed by atoms with van der Waals surface area (Å²) in [4.78, 5) is 6.35. The number of hydrogen-bond donors (Lipinski definition) is 0. The average molecular weight is 489 g/mol. The first-order valence-corrected chi connectivity index (χ1v) is 11.7. The van der Waals surface area contributed by atoms with Crippen LogP contribution in [0, 0.1) is 0 Å². The lowest BCUT2D eigenvalue weighted by Crippen LogP contribution is -2.43. The molecule has 0 saturated carbocycles. The molecule has 1 saturated heterocycles. The number of alkyl halides is 3. The minimum Gasteiger partial charge on any atom is -0.358 e. The predicted octanol–water partition coefficient (Wildman–Crippen LogP) is 7.48. The molecule has 1 aromatic heterocycles. The van der Waals surface area contributed by atoms with E-state index in [1.807, 2.05) is 32.1 Å². The first-order chi connectivity index (χ1) is 16.1. The number of aromatic nitrogens is 1. The average Bonchev–Trinajstić information content (AvgIpc) is 3.13. The van der Waals surface area contributed by atoms with Crippen molar-refractivity contribution in [3.63, 3.8) is 0 Å². The van der Waals surface area contributed by atoms with E-state index in [2.05, 4.69) is 28.6 Å². The zero-order valence-electron chi connectivity index (χ0n) is 19.3. The molecule has 1 spiro atoms. The van der Waals surface area contributed by atoms with Gasteiger partial charge < -0.3 is 4.74 Å². The number of allylic oxidation sites excluding steroid dienone is 4. The van der Waals surface area contributed by atoms with E-state index < -0.39 is 17.3 Å². The van der Waals surface area contributed by atoms with Crippen LogP contribution in [0.3, 0.4) is 0 Å². The van der Waals surface area contributed by atoms with E-state index in [9.17, 15) is 13.2 Å².